The van der Waals surface area contributed by atoms with Gasteiger partial charge in [-0.05, 0) is 31.2 Å². The molecule has 0 aromatic carbocycles. The molecule has 0 aliphatic carbocycles. The van der Waals surface area contributed by atoms with Gasteiger partial charge in [-0.3, -0.25) is 0 Å². The second-order valence-corrected chi connectivity index (χ2v) is 5.57. The maximum Gasteiger partial charge on any atom is 0.389 e. The molecule has 1 nitrogen and oxygen atoms in total. The Bertz CT molecular complexity index is 182. The number of hydrogen-bond donors (Lipinski definition) is 1. The Balaban J connectivity index is 4.10. The molecule has 0 radical (unpaired) electrons. The standard InChI is InChI=1S/C12H24F3N/c1-5-8-16-10(9-11(2,3)4)6-7-12(13,14)15/h10,16H,5-9H2,1-4H3. The van der Waals surface area contributed by atoms with Gasteiger partial charge in [-0.25, -0.2) is 0 Å². The lowest BCUT2D eigenvalue weighted by Crippen LogP contribution is -2.34. The fourth-order valence-electron chi connectivity index (χ4n) is 1.70. The highest BCUT2D eigenvalue weighted by Gasteiger charge is 2.29. The first-order chi connectivity index (χ1) is 7.14. The van der Waals surface area contributed by atoms with Crippen molar-refractivity contribution >= 4 is 0 Å². The van der Waals surface area contributed by atoms with Gasteiger partial charge in [0.25, 0.3) is 0 Å². The maximum atomic E-state index is 12.1. The number of nitrogens with one attached hydrogen (secondary N) is 1. The van der Waals surface area contributed by atoms with Crippen LogP contribution >= 0.6 is 0 Å². The van der Waals surface area contributed by atoms with Gasteiger partial charge >= 0.3 is 6.18 Å². The summed E-state index contributed by atoms with van der Waals surface area (Å²) in [5.41, 5.74) is 0.0665. The van der Waals surface area contributed by atoms with Crippen LogP contribution in [0.1, 0.15) is 53.4 Å². The molecular weight excluding hydrogens is 215 g/mol. The summed E-state index contributed by atoms with van der Waals surface area (Å²) < 4.78 is 36.4. The van der Waals surface area contributed by atoms with Gasteiger partial charge in [-0.15, -0.1) is 0 Å². The molecule has 4 heteroatoms. The Kier molecular flexibility index (Phi) is 6.38. The molecule has 0 aliphatic rings. The van der Waals surface area contributed by atoms with Crippen LogP contribution < -0.4 is 5.32 Å². The van der Waals surface area contributed by atoms with E-state index in [1.165, 1.54) is 0 Å². The second kappa shape index (κ2) is 6.48. The lowest BCUT2D eigenvalue weighted by Gasteiger charge is -2.27. The van der Waals surface area contributed by atoms with E-state index in [9.17, 15) is 13.2 Å². The summed E-state index contributed by atoms with van der Waals surface area (Å²) in [6.45, 7) is 8.98. The van der Waals surface area contributed by atoms with Gasteiger partial charge in [0, 0.05) is 12.5 Å². The van der Waals surface area contributed by atoms with E-state index in [4.69, 9.17) is 0 Å². The Morgan fingerprint density at radius 3 is 2.06 bits per heavy atom. The summed E-state index contributed by atoms with van der Waals surface area (Å²) in [6, 6.07) is -0.0263. The van der Waals surface area contributed by atoms with Crippen LogP contribution in [0.3, 0.4) is 0 Å². The quantitative estimate of drug-likeness (QED) is 0.734. The molecular formula is C12H24F3N. The van der Waals surface area contributed by atoms with Crippen molar-refractivity contribution in [1.82, 2.24) is 5.32 Å². The van der Waals surface area contributed by atoms with Crippen LogP contribution in [-0.2, 0) is 0 Å². The minimum atomic E-state index is -4.04. The van der Waals surface area contributed by atoms with Crippen molar-refractivity contribution in [3.05, 3.63) is 0 Å². The van der Waals surface area contributed by atoms with Gasteiger partial charge in [-0.2, -0.15) is 13.2 Å². The summed E-state index contributed by atoms with van der Waals surface area (Å²) in [4.78, 5) is 0. The average Bonchev–Trinajstić information content (AvgIpc) is 2.06. The molecule has 0 aromatic rings. The van der Waals surface area contributed by atoms with Crippen molar-refractivity contribution in [2.75, 3.05) is 6.54 Å². The first kappa shape index (κ1) is 15.8. The molecule has 1 N–H and O–H groups in total. The summed E-state index contributed by atoms with van der Waals surface area (Å²) in [7, 11) is 0. The summed E-state index contributed by atoms with van der Waals surface area (Å²) >= 11 is 0. The maximum absolute atomic E-state index is 12.1. The number of alkyl halides is 3. The van der Waals surface area contributed by atoms with Gasteiger partial charge in [0.15, 0.2) is 0 Å². The first-order valence-corrected chi connectivity index (χ1v) is 5.94. The zero-order valence-corrected chi connectivity index (χ0v) is 10.7. The molecule has 0 bridgehead atoms. The SMILES string of the molecule is CCCNC(CCC(F)(F)F)CC(C)(C)C. The highest BCUT2D eigenvalue weighted by atomic mass is 19.4. The lowest BCUT2D eigenvalue weighted by atomic mass is 9.86. The molecule has 0 rings (SSSR count). The van der Waals surface area contributed by atoms with E-state index in [1.54, 1.807) is 0 Å². The topological polar surface area (TPSA) is 12.0 Å². The fourth-order valence-corrected chi connectivity index (χ4v) is 1.70. The van der Waals surface area contributed by atoms with Crippen molar-refractivity contribution in [2.24, 2.45) is 5.41 Å². The highest BCUT2D eigenvalue weighted by Crippen LogP contribution is 2.27. The van der Waals surface area contributed by atoms with Crippen molar-refractivity contribution < 1.29 is 13.2 Å². The van der Waals surface area contributed by atoms with Crippen LogP contribution in [0.2, 0.25) is 0 Å². The van der Waals surface area contributed by atoms with E-state index in [-0.39, 0.29) is 17.9 Å². The molecule has 0 saturated carbocycles. The van der Waals surface area contributed by atoms with Gasteiger partial charge < -0.3 is 5.32 Å². The molecule has 16 heavy (non-hydrogen) atoms. The smallest absolute Gasteiger partial charge is 0.314 e. The molecule has 98 valence electrons. The van der Waals surface area contributed by atoms with Crippen LogP contribution in [0, 0.1) is 5.41 Å². The summed E-state index contributed by atoms with van der Waals surface area (Å²) in [5, 5.41) is 3.20. The van der Waals surface area contributed by atoms with Gasteiger partial charge in [0.1, 0.15) is 0 Å². The number of halogens is 3. The molecule has 0 saturated heterocycles. The molecule has 0 heterocycles. The molecule has 0 fully saturated rings. The Morgan fingerprint density at radius 2 is 1.69 bits per heavy atom. The molecule has 0 aromatic heterocycles. The largest absolute Gasteiger partial charge is 0.389 e. The van der Waals surface area contributed by atoms with Crippen LogP contribution in [0.25, 0.3) is 0 Å². The van der Waals surface area contributed by atoms with Crippen molar-refractivity contribution in [2.45, 2.75) is 65.6 Å². The van der Waals surface area contributed by atoms with Crippen LogP contribution in [0.15, 0.2) is 0 Å². The predicted molar refractivity (Wildman–Crippen MR) is 61.4 cm³/mol. The van der Waals surface area contributed by atoms with Crippen LogP contribution in [-0.4, -0.2) is 18.8 Å². The molecule has 0 aliphatic heterocycles. The lowest BCUT2D eigenvalue weighted by molar-refractivity contribution is -0.137. The Labute approximate surface area is 96.8 Å². The van der Waals surface area contributed by atoms with E-state index < -0.39 is 12.6 Å². The predicted octanol–water partition coefficient (Wildman–Crippen LogP) is 4.13. The van der Waals surface area contributed by atoms with Gasteiger partial charge in [0.2, 0.25) is 0 Å². The molecule has 0 spiro atoms. The zero-order valence-electron chi connectivity index (χ0n) is 10.7. The van der Waals surface area contributed by atoms with E-state index in [2.05, 4.69) is 26.1 Å². The van der Waals surface area contributed by atoms with Gasteiger partial charge in [0.05, 0.1) is 0 Å². The number of rotatable bonds is 6. The molecule has 1 unspecified atom stereocenters. The molecule has 0 amide bonds. The third-order valence-electron chi connectivity index (χ3n) is 2.32. The first-order valence-electron chi connectivity index (χ1n) is 5.94. The number of hydrogen-bond acceptors (Lipinski definition) is 1. The highest BCUT2D eigenvalue weighted by molar-refractivity contribution is 4.75. The second-order valence-electron chi connectivity index (χ2n) is 5.57. The zero-order chi connectivity index (χ0) is 12.8. The van der Waals surface area contributed by atoms with Crippen molar-refractivity contribution in [3.8, 4) is 0 Å². The van der Waals surface area contributed by atoms with E-state index in [0.29, 0.717) is 0 Å². The third-order valence-corrected chi connectivity index (χ3v) is 2.32. The van der Waals surface area contributed by atoms with Crippen molar-refractivity contribution in [1.29, 1.82) is 0 Å². The minimum absolute atomic E-state index is 0.0263. The summed E-state index contributed by atoms with van der Waals surface area (Å²) in [5.74, 6) is 0. The Morgan fingerprint density at radius 1 is 1.12 bits per heavy atom. The van der Waals surface area contributed by atoms with E-state index in [1.807, 2.05) is 6.92 Å². The molecule has 1 atom stereocenters. The van der Waals surface area contributed by atoms with Crippen molar-refractivity contribution in [3.63, 3.8) is 0 Å². The monoisotopic (exact) mass is 239 g/mol. The fraction of sp³-hybridized carbons (Fsp3) is 1.00. The van der Waals surface area contributed by atoms with Crippen LogP contribution in [0.4, 0.5) is 13.2 Å². The van der Waals surface area contributed by atoms with E-state index >= 15 is 0 Å². The summed E-state index contributed by atoms with van der Waals surface area (Å²) in [6.07, 6.45) is -2.81. The average molecular weight is 239 g/mol. The minimum Gasteiger partial charge on any atom is -0.314 e. The van der Waals surface area contributed by atoms with E-state index in [0.717, 1.165) is 19.4 Å². The Hall–Kier alpha value is -0.250. The normalized spacial score (nSPS) is 15.2. The third kappa shape index (κ3) is 10.3. The van der Waals surface area contributed by atoms with Gasteiger partial charge in [-0.1, -0.05) is 27.7 Å². The van der Waals surface area contributed by atoms with Crippen LogP contribution in [0.5, 0.6) is 0 Å².